The molecule has 0 fully saturated rings. The largest absolute Gasteiger partial charge is 0.398 e. The van der Waals surface area contributed by atoms with Crippen LogP contribution in [0.1, 0.15) is 5.56 Å². The number of nitrogens with one attached hydrogen (secondary N) is 1. The number of halogens is 1. The first-order chi connectivity index (χ1) is 6.63. The van der Waals surface area contributed by atoms with Crippen LogP contribution in [0.25, 0.3) is 0 Å². The summed E-state index contributed by atoms with van der Waals surface area (Å²) in [5.74, 6) is 0. The molecule has 14 heavy (non-hydrogen) atoms. The van der Waals surface area contributed by atoms with Gasteiger partial charge in [-0.05, 0) is 18.2 Å². The summed E-state index contributed by atoms with van der Waals surface area (Å²) < 4.78 is 0. The average Bonchev–Trinajstić information content (AvgIpc) is 2.16. The normalized spacial score (nSPS) is 9.14. The Kier molecular flexibility index (Phi) is 3.38. The molecule has 0 heterocycles. The highest BCUT2D eigenvalue weighted by atomic mass is 35.5. The van der Waals surface area contributed by atoms with Crippen molar-refractivity contribution >= 4 is 23.0 Å². The van der Waals surface area contributed by atoms with E-state index >= 15 is 0 Å². The van der Waals surface area contributed by atoms with Crippen LogP contribution in [0.3, 0.4) is 0 Å². The van der Waals surface area contributed by atoms with E-state index < -0.39 is 0 Å². The predicted molar refractivity (Wildman–Crippen MR) is 59.1 cm³/mol. The van der Waals surface area contributed by atoms with Gasteiger partial charge in [0.1, 0.15) is 6.07 Å². The van der Waals surface area contributed by atoms with Crippen molar-refractivity contribution in [2.24, 2.45) is 0 Å². The van der Waals surface area contributed by atoms with Crippen molar-refractivity contribution in [2.75, 3.05) is 17.6 Å². The highest BCUT2D eigenvalue weighted by molar-refractivity contribution is 6.29. The summed E-state index contributed by atoms with van der Waals surface area (Å²) in [5, 5.41) is 12.2. The fourth-order valence-electron chi connectivity index (χ4n) is 0.961. The van der Waals surface area contributed by atoms with E-state index in [4.69, 9.17) is 22.6 Å². The lowest BCUT2D eigenvalue weighted by molar-refractivity contribution is 1.31. The lowest BCUT2D eigenvalue weighted by Gasteiger charge is -2.06. The first-order valence-corrected chi connectivity index (χ1v) is 4.38. The molecule has 1 aromatic rings. The minimum Gasteiger partial charge on any atom is -0.398 e. The predicted octanol–water partition coefficient (Wildman–Crippen LogP) is 2.30. The Morgan fingerprint density at radius 1 is 1.64 bits per heavy atom. The van der Waals surface area contributed by atoms with Gasteiger partial charge in [-0.1, -0.05) is 18.2 Å². The van der Waals surface area contributed by atoms with Gasteiger partial charge < -0.3 is 11.1 Å². The fourth-order valence-corrected chi connectivity index (χ4v) is 1.03. The first kappa shape index (κ1) is 10.4. The van der Waals surface area contributed by atoms with Crippen molar-refractivity contribution in [1.82, 2.24) is 0 Å². The second kappa shape index (κ2) is 4.54. The number of rotatable bonds is 3. The first-order valence-electron chi connectivity index (χ1n) is 4.00. The smallest absolute Gasteiger partial charge is 0.101 e. The van der Waals surface area contributed by atoms with Crippen LogP contribution in [-0.4, -0.2) is 6.54 Å². The topological polar surface area (TPSA) is 61.8 Å². The number of nitriles is 1. The molecule has 0 spiro atoms. The second-order valence-corrected chi connectivity index (χ2v) is 3.32. The zero-order chi connectivity index (χ0) is 10.6. The van der Waals surface area contributed by atoms with Gasteiger partial charge in [0.05, 0.1) is 12.1 Å². The van der Waals surface area contributed by atoms with E-state index in [1.165, 1.54) is 0 Å². The summed E-state index contributed by atoms with van der Waals surface area (Å²) in [6.45, 7) is 4.01. The Bertz CT molecular complexity index is 393. The molecule has 0 radical (unpaired) electrons. The molecule has 3 nitrogen and oxygen atoms in total. The van der Waals surface area contributed by atoms with Crippen LogP contribution >= 0.6 is 11.6 Å². The van der Waals surface area contributed by atoms with Crippen molar-refractivity contribution in [1.29, 1.82) is 5.26 Å². The molecule has 0 atom stereocenters. The Morgan fingerprint density at radius 2 is 2.36 bits per heavy atom. The zero-order valence-corrected chi connectivity index (χ0v) is 8.30. The Balaban J connectivity index is 2.80. The fraction of sp³-hybridized carbons (Fsp3) is 0.100. The van der Waals surface area contributed by atoms with Gasteiger partial charge in [0.2, 0.25) is 0 Å². The minimum absolute atomic E-state index is 0.454. The van der Waals surface area contributed by atoms with E-state index in [9.17, 15) is 0 Å². The molecule has 3 N–H and O–H groups in total. The number of nitrogens with two attached hydrogens (primary N) is 1. The van der Waals surface area contributed by atoms with Crippen molar-refractivity contribution < 1.29 is 0 Å². The van der Waals surface area contributed by atoms with E-state index in [1.54, 1.807) is 18.2 Å². The maximum Gasteiger partial charge on any atom is 0.101 e. The molecule has 72 valence electrons. The van der Waals surface area contributed by atoms with Gasteiger partial charge in [-0.2, -0.15) is 5.26 Å². The van der Waals surface area contributed by atoms with Gasteiger partial charge >= 0.3 is 0 Å². The summed E-state index contributed by atoms with van der Waals surface area (Å²) in [7, 11) is 0. The van der Waals surface area contributed by atoms with Crippen LogP contribution in [-0.2, 0) is 0 Å². The number of nitrogens with zero attached hydrogens (tertiary/aromatic N) is 1. The van der Waals surface area contributed by atoms with Crippen molar-refractivity contribution in [2.45, 2.75) is 0 Å². The van der Waals surface area contributed by atoms with Gasteiger partial charge in [-0.3, -0.25) is 0 Å². The Labute approximate surface area is 87.8 Å². The van der Waals surface area contributed by atoms with E-state index in [2.05, 4.69) is 11.9 Å². The van der Waals surface area contributed by atoms with Crippen LogP contribution in [0.15, 0.2) is 29.8 Å². The number of hydrogen-bond acceptors (Lipinski definition) is 3. The molecule has 4 heteroatoms. The standard InChI is InChI=1S/C10H10ClN3/c1-7(11)6-14-9-2-3-10(13)8(4-9)5-12/h2-4,14H,1,6,13H2. The number of anilines is 2. The summed E-state index contributed by atoms with van der Waals surface area (Å²) in [5.41, 5.74) is 7.29. The number of hydrogen-bond donors (Lipinski definition) is 2. The van der Waals surface area contributed by atoms with Crippen molar-refractivity contribution in [3.05, 3.63) is 35.4 Å². The van der Waals surface area contributed by atoms with Gasteiger partial charge in [0.15, 0.2) is 0 Å². The number of benzene rings is 1. The maximum absolute atomic E-state index is 8.72. The van der Waals surface area contributed by atoms with E-state index in [1.807, 2.05) is 6.07 Å². The summed E-state index contributed by atoms with van der Waals surface area (Å²) in [6, 6.07) is 7.14. The van der Waals surface area contributed by atoms with Gasteiger partial charge in [0.25, 0.3) is 0 Å². The third kappa shape index (κ3) is 2.68. The third-order valence-corrected chi connectivity index (χ3v) is 1.79. The zero-order valence-electron chi connectivity index (χ0n) is 7.55. The van der Waals surface area contributed by atoms with Gasteiger partial charge in [-0.15, -0.1) is 0 Å². The van der Waals surface area contributed by atoms with Crippen LogP contribution in [0.4, 0.5) is 11.4 Å². The summed E-state index contributed by atoms with van der Waals surface area (Å²) >= 11 is 5.59. The van der Waals surface area contributed by atoms with Crippen LogP contribution in [0.2, 0.25) is 0 Å². The Hall–Kier alpha value is -1.66. The Morgan fingerprint density at radius 3 is 2.93 bits per heavy atom. The highest BCUT2D eigenvalue weighted by Gasteiger charge is 1.99. The lowest BCUT2D eigenvalue weighted by atomic mass is 10.2. The molecule has 0 aromatic heterocycles. The average molecular weight is 208 g/mol. The molecule has 0 aliphatic heterocycles. The molecule has 0 saturated carbocycles. The molecule has 0 bridgehead atoms. The van der Waals surface area contributed by atoms with E-state index in [0.717, 1.165) is 5.69 Å². The highest BCUT2D eigenvalue weighted by Crippen LogP contribution is 2.17. The molecule has 1 aromatic carbocycles. The van der Waals surface area contributed by atoms with E-state index in [0.29, 0.717) is 22.8 Å². The van der Waals surface area contributed by atoms with Crippen molar-refractivity contribution in [3.8, 4) is 6.07 Å². The third-order valence-electron chi connectivity index (χ3n) is 1.66. The SMILES string of the molecule is C=C(Cl)CNc1ccc(N)c(C#N)c1. The molecular weight excluding hydrogens is 198 g/mol. The summed E-state index contributed by atoms with van der Waals surface area (Å²) in [6.07, 6.45) is 0. The van der Waals surface area contributed by atoms with Crippen molar-refractivity contribution in [3.63, 3.8) is 0 Å². The summed E-state index contributed by atoms with van der Waals surface area (Å²) in [4.78, 5) is 0. The quantitative estimate of drug-likeness (QED) is 0.748. The minimum atomic E-state index is 0.454. The van der Waals surface area contributed by atoms with Crippen LogP contribution < -0.4 is 11.1 Å². The van der Waals surface area contributed by atoms with Gasteiger partial charge in [-0.25, -0.2) is 0 Å². The van der Waals surface area contributed by atoms with Crippen LogP contribution in [0, 0.1) is 11.3 Å². The monoisotopic (exact) mass is 207 g/mol. The maximum atomic E-state index is 8.72. The number of nitrogen functional groups attached to an aromatic ring is 1. The molecule has 0 amide bonds. The molecule has 0 unspecified atom stereocenters. The molecular formula is C10H10ClN3. The molecule has 0 aliphatic carbocycles. The van der Waals surface area contributed by atoms with Crippen LogP contribution in [0.5, 0.6) is 0 Å². The lowest BCUT2D eigenvalue weighted by Crippen LogP contribution is -2.01. The molecule has 0 saturated heterocycles. The second-order valence-electron chi connectivity index (χ2n) is 2.78. The molecule has 1 rings (SSSR count). The van der Waals surface area contributed by atoms with E-state index in [-0.39, 0.29) is 0 Å². The van der Waals surface area contributed by atoms with Gasteiger partial charge in [0, 0.05) is 16.4 Å². The molecule has 0 aliphatic rings.